The lowest BCUT2D eigenvalue weighted by Crippen LogP contribution is -2.03. The second-order valence-corrected chi connectivity index (χ2v) is 8.97. The van der Waals surface area contributed by atoms with E-state index in [0.717, 1.165) is 22.8 Å². The summed E-state index contributed by atoms with van der Waals surface area (Å²) in [7, 11) is 0. The van der Waals surface area contributed by atoms with Crippen LogP contribution in [0.2, 0.25) is 10.0 Å². The number of aliphatic carboxylic acids is 1. The molecule has 6 nitrogen and oxygen atoms in total. The van der Waals surface area contributed by atoms with Crippen molar-refractivity contribution in [2.45, 2.75) is 0 Å². The Hall–Kier alpha value is -4.52. The van der Waals surface area contributed by atoms with Crippen LogP contribution >= 0.6 is 23.2 Å². The molecule has 0 aliphatic heterocycles. The quantitative estimate of drug-likeness (QED) is 0.111. The van der Waals surface area contributed by atoms with Crippen LogP contribution in [0.25, 0.3) is 11.1 Å². The van der Waals surface area contributed by atoms with Crippen molar-refractivity contribution in [1.82, 2.24) is 0 Å². The second-order valence-electron chi connectivity index (χ2n) is 8.10. The van der Waals surface area contributed by atoms with E-state index >= 15 is 0 Å². The van der Waals surface area contributed by atoms with E-state index in [0.29, 0.717) is 40.2 Å². The van der Waals surface area contributed by atoms with Gasteiger partial charge >= 0.3 is 5.97 Å². The topological polar surface area (TPSA) is 82.1 Å². The maximum Gasteiger partial charge on any atom is 0.328 e. The molecule has 204 valence electrons. The smallest absolute Gasteiger partial charge is 0.328 e. The standard InChI is InChI=1S/2C16H13ClO3/c17-15-6-8-16(9-7-15)20-11-14(10-19-12-18)13-4-2-1-3-5-13;17-14-6-8-15(9-7-14)20-11-13(10-16(18)19)12-4-2-1-3-5-12/h1-10,12H,11H2;1-10H,11H2,(H,18,19)/b14-10+;13-10-. The van der Waals surface area contributed by atoms with E-state index in [4.69, 9.17) is 42.5 Å². The third-order valence-corrected chi connectivity index (χ3v) is 5.77. The minimum absolute atomic E-state index is 0.179. The molecule has 8 heteroatoms. The van der Waals surface area contributed by atoms with Crippen LogP contribution in [0.4, 0.5) is 0 Å². The zero-order valence-electron chi connectivity index (χ0n) is 21.3. The highest BCUT2D eigenvalue weighted by Crippen LogP contribution is 2.21. The van der Waals surface area contributed by atoms with Gasteiger partial charge in [-0.3, -0.25) is 4.79 Å². The summed E-state index contributed by atoms with van der Waals surface area (Å²) < 4.78 is 16.0. The van der Waals surface area contributed by atoms with Gasteiger partial charge in [-0.1, -0.05) is 83.9 Å². The summed E-state index contributed by atoms with van der Waals surface area (Å²) in [5, 5.41) is 10.2. The predicted octanol–water partition coefficient (Wildman–Crippen LogP) is 7.82. The first-order chi connectivity index (χ1) is 19.4. The molecular formula is C32H26Cl2O6. The van der Waals surface area contributed by atoms with E-state index < -0.39 is 5.97 Å². The number of ether oxygens (including phenoxy) is 3. The molecule has 0 saturated carbocycles. The van der Waals surface area contributed by atoms with Crippen molar-refractivity contribution < 1.29 is 28.9 Å². The van der Waals surface area contributed by atoms with E-state index in [1.165, 1.54) is 6.26 Å². The average Bonchev–Trinajstić information content (AvgIpc) is 2.98. The van der Waals surface area contributed by atoms with Crippen LogP contribution in [0.15, 0.2) is 122 Å². The Labute approximate surface area is 242 Å². The van der Waals surface area contributed by atoms with Crippen LogP contribution < -0.4 is 9.47 Å². The fourth-order valence-corrected chi connectivity index (χ4v) is 3.59. The Morgan fingerprint density at radius 3 is 1.50 bits per heavy atom. The molecule has 0 aliphatic rings. The number of carboxylic acid groups (broad SMARTS) is 1. The van der Waals surface area contributed by atoms with Crippen molar-refractivity contribution in [3.63, 3.8) is 0 Å². The van der Waals surface area contributed by atoms with Crippen molar-refractivity contribution in [3.8, 4) is 11.5 Å². The molecule has 0 saturated heterocycles. The van der Waals surface area contributed by atoms with Gasteiger partial charge in [0, 0.05) is 27.3 Å². The monoisotopic (exact) mass is 576 g/mol. The molecule has 4 rings (SSSR count). The number of carbonyl (C=O) groups excluding carboxylic acids is 1. The van der Waals surface area contributed by atoms with Gasteiger partial charge in [0.15, 0.2) is 0 Å². The predicted molar refractivity (Wildman–Crippen MR) is 158 cm³/mol. The summed E-state index contributed by atoms with van der Waals surface area (Å²) in [6.07, 6.45) is 2.55. The zero-order chi connectivity index (χ0) is 28.6. The fraction of sp³-hybridized carbons (Fsp3) is 0.0625. The summed E-state index contributed by atoms with van der Waals surface area (Å²) in [4.78, 5) is 21.2. The lowest BCUT2D eigenvalue weighted by Gasteiger charge is -2.10. The van der Waals surface area contributed by atoms with Crippen molar-refractivity contribution in [2.24, 2.45) is 0 Å². The first-order valence-electron chi connectivity index (χ1n) is 12.0. The van der Waals surface area contributed by atoms with E-state index in [1.54, 1.807) is 48.5 Å². The molecule has 0 bridgehead atoms. The number of carboxylic acids is 1. The minimum atomic E-state index is -0.997. The summed E-state index contributed by atoms with van der Waals surface area (Å²) in [5.74, 6) is 0.340. The van der Waals surface area contributed by atoms with Gasteiger partial charge in [-0.25, -0.2) is 4.79 Å². The largest absolute Gasteiger partial charge is 0.489 e. The SMILES string of the molecule is O=C(O)/C=C(/COc1ccc(Cl)cc1)c1ccccc1.O=CO/C=C(\COc1ccc(Cl)cc1)c1ccccc1. The zero-order valence-corrected chi connectivity index (χ0v) is 22.8. The Kier molecular flexibility index (Phi) is 12.3. The molecule has 0 heterocycles. The lowest BCUT2D eigenvalue weighted by atomic mass is 10.1. The molecule has 0 aliphatic carbocycles. The third kappa shape index (κ3) is 10.7. The molecule has 0 fully saturated rings. The lowest BCUT2D eigenvalue weighted by molar-refractivity contribution is -0.131. The van der Waals surface area contributed by atoms with Crippen molar-refractivity contribution in [3.05, 3.63) is 143 Å². The van der Waals surface area contributed by atoms with Crippen molar-refractivity contribution >= 4 is 46.8 Å². The second kappa shape index (κ2) is 16.4. The van der Waals surface area contributed by atoms with Gasteiger partial charge in [-0.05, 0) is 59.7 Å². The van der Waals surface area contributed by atoms with Crippen LogP contribution in [-0.2, 0) is 14.3 Å². The fourth-order valence-electron chi connectivity index (χ4n) is 3.34. The highest BCUT2D eigenvalue weighted by Gasteiger charge is 2.06. The first kappa shape index (κ1) is 30.0. The Balaban J connectivity index is 0.000000220. The summed E-state index contributed by atoms with van der Waals surface area (Å²) in [5.41, 5.74) is 3.13. The van der Waals surface area contributed by atoms with Crippen LogP contribution in [0, 0.1) is 0 Å². The molecule has 1 N–H and O–H groups in total. The van der Waals surface area contributed by atoms with Crippen LogP contribution in [0.5, 0.6) is 11.5 Å². The molecule has 40 heavy (non-hydrogen) atoms. The van der Waals surface area contributed by atoms with Gasteiger partial charge in [-0.15, -0.1) is 0 Å². The molecule has 0 amide bonds. The van der Waals surface area contributed by atoms with Gasteiger partial charge in [0.1, 0.15) is 31.0 Å². The number of halogens is 2. The Morgan fingerprint density at radius 1 is 0.650 bits per heavy atom. The summed E-state index contributed by atoms with van der Waals surface area (Å²) in [6.45, 7) is 0.850. The number of rotatable bonds is 11. The highest BCUT2D eigenvalue weighted by atomic mass is 35.5. The van der Waals surface area contributed by atoms with Gasteiger partial charge in [0.25, 0.3) is 6.47 Å². The number of benzene rings is 4. The Bertz CT molecular complexity index is 1400. The molecule has 0 spiro atoms. The maximum absolute atomic E-state index is 10.9. The normalized spacial score (nSPS) is 11.1. The third-order valence-electron chi connectivity index (χ3n) is 5.27. The first-order valence-corrected chi connectivity index (χ1v) is 12.8. The van der Waals surface area contributed by atoms with E-state index in [-0.39, 0.29) is 6.61 Å². The number of hydrogen-bond acceptors (Lipinski definition) is 5. The summed E-state index contributed by atoms with van der Waals surface area (Å²) >= 11 is 11.6. The molecule has 4 aromatic rings. The van der Waals surface area contributed by atoms with Crippen LogP contribution in [-0.4, -0.2) is 30.8 Å². The van der Waals surface area contributed by atoms with Gasteiger partial charge in [-0.2, -0.15) is 0 Å². The molecule has 0 radical (unpaired) electrons. The molecular weight excluding hydrogens is 551 g/mol. The van der Waals surface area contributed by atoms with Crippen molar-refractivity contribution in [1.29, 1.82) is 0 Å². The number of hydrogen-bond donors (Lipinski definition) is 1. The summed E-state index contributed by atoms with van der Waals surface area (Å²) in [6, 6.07) is 32.9. The van der Waals surface area contributed by atoms with Gasteiger partial charge in [0.05, 0.1) is 0 Å². The van der Waals surface area contributed by atoms with E-state index in [2.05, 4.69) is 0 Å². The van der Waals surface area contributed by atoms with Crippen molar-refractivity contribution in [2.75, 3.05) is 13.2 Å². The average molecular weight is 577 g/mol. The van der Waals surface area contributed by atoms with Gasteiger partial charge in [0.2, 0.25) is 0 Å². The van der Waals surface area contributed by atoms with E-state index in [1.807, 2.05) is 60.7 Å². The molecule has 0 aromatic heterocycles. The van der Waals surface area contributed by atoms with Crippen LogP contribution in [0.3, 0.4) is 0 Å². The maximum atomic E-state index is 10.9. The van der Waals surface area contributed by atoms with E-state index in [9.17, 15) is 9.59 Å². The van der Waals surface area contributed by atoms with Gasteiger partial charge < -0.3 is 19.3 Å². The molecule has 0 atom stereocenters. The molecule has 0 unspecified atom stereocenters. The molecule has 4 aromatic carbocycles. The van der Waals surface area contributed by atoms with Crippen LogP contribution in [0.1, 0.15) is 11.1 Å². The highest BCUT2D eigenvalue weighted by molar-refractivity contribution is 6.30. The minimum Gasteiger partial charge on any atom is -0.489 e. The number of carbonyl (C=O) groups is 2. The Morgan fingerprint density at radius 2 is 1.07 bits per heavy atom.